The first kappa shape index (κ1) is 19.3. The van der Waals surface area contributed by atoms with Gasteiger partial charge in [0.25, 0.3) is 5.91 Å². The van der Waals surface area contributed by atoms with Gasteiger partial charge in [-0.25, -0.2) is 0 Å². The highest BCUT2D eigenvalue weighted by molar-refractivity contribution is 5.96. The third kappa shape index (κ3) is 3.80. The molecule has 3 aromatic rings. The quantitative estimate of drug-likeness (QED) is 0.650. The number of hydrogen-bond donors (Lipinski definition) is 0. The second-order valence-electron chi connectivity index (χ2n) is 7.86. The second-order valence-corrected chi connectivity index (χ2v) is 7.86. The Labute approximate surface area is 173 Å². The molecule has 29 heavy (non-hydrogen) atoms. The lowest BCUT2D eigenvalue weighted by Crippen LogP contribution is -2.48. The van der Waals surface area contributed by atoms with E-state index in [4.69, 9.17) is 0 Å². The van der Waals surface area contributed by atoms with Crippen molar-refractivity contribution < 1.29 is 4.79 Å². The van der Waals surface area contributed by atoms with Gasteiger partial charge in [-0.2, -0.15) is 0 Å². The molecule has 1 amide bonds. The third-order valence-electron chi connectivity index (χ3n) is 6.07. The smallest absolute Gasteiger partial charge is 0.255 e. The second kappa shape index (κ2) is 8.16. The fraction of sp³-hybridized carbons (Fsp3) is 0.320. The van der Waals surface area contributed by atoms with E-state index in [2.05, 4.69) is 84.8 Å². The highest BCUT2D eigenvalue weighted by Crippen LogP contribution is 2.27. The number of carbonyl (C=O) groups is 1. The van der Waals surface area contributed by atoms with Gasteiger partial charge in [-0.05, 0) is 44.5 Å². The van der Waals surface area contributed by atoms with E-state index in [-0.39, 0.29) is 11.9 Å². The molecule has 2 aromatic carbocycles. The first-order valence-corrected chi connectivity index (χ1v) is 10.4. The third-order valence-corrected chi connectivity index (χ3v) is 6.07. The van der Waals surface area contributed by atoms with Crippen molar-refractivity contribution in [2.75, 3.05) is 31.1 Å². The number of amides is 1. The van der Waals surface area contributed by atoms with Crippen molar-refractivity contribution in [3.8, 4) is 0 Å². The van der Waals surface area contributed by atoms with Crippen LogP contribution in [0.3, 0.4) is 0 Å². The molecule has 0 spiro atoms. The zero-order valence-electron chi connectivity index (χ0n) is 17.5. The number of carbonyl (C=O) groups excluding carboxylic acids is 1. The summed E-state index contributed by atoms with van der Waals surface area (Å²) in [5, 5.41) is 0. The Morgan fingerprint density at radius 1 is 0.862 bits per heavy atom. The number of rotatable bonds is 4. The summed E-state index contributed by atoms with van der Waals surface area (Å²) in [6, 6.07) is 23.2. The monoisotopic (exact) mass is 387 g/mol. The Bertz CT molecular complexity index is 970. The van der Waals surface area contributed by atoms with Gasteiger partial charge in [-0.15, -0.1) is 0 Å². The van der Waals surface area contributed by atoms with Crippen LogP contribution in [0.15, 0.2) is 66.7 Å². The molecule has 1 atom stereocenters. The molecule has 0 bridgehead atoms. The Kier molecular flexibility index (Phi) is 5.43. The number of para-hydroxylation sites is 1. The van der Waals surface area contributed by atoms with Crippen molar-refractivity contribution in [3.05, 3.63) is 89.2 Å². The van der Waals surface area contributed by atoms with Gasteiger partial charge in [0, 0.05) is 43.3 Å². The zero-order chi connectivity index (χ0) is 20.4. The lowest BCUT2D eigenvalue weighted by atomic mass is 10.1. The molecular formula is C25H29N3O. The van der Waals surface area contributed by atoms with E-state index in [1.54, 1.807) is 0 Å². The first-order chi connectivity index (χ1) is 14.1. The van der Waals surface area contributed by atoms with Gasteiger partial charge < -0.3 is 14.4 Å². The van der Waals surface area contributed by atoms with Gasteiger partial charge >= 0.3 is 0 Å². The van der Waals surface area contributed by atoms with Crippen molar-refractivity contribution in [1.82, 2.24) is 9.47 Å². The molecule has 2 heterocycles. The standard InChI is InChI=1S/C25H29N3O/c1-19-18-24(21(3)28(19)20(2)22-10-6-4-7-11-22)25(29)27-16-14-26(15-17-27)23-12-8-5-9-13-23/h4-13,18,20H,14-17H2,1-3H3/t20-/m1/s1. The number of hydrogen-bond acceptors (Lipinski definition) is 2. The molecule has 0 radical (unpaired) electrons. The first-order valence-electron chi connectivity index (χ1n) is 10.4. The van der Waals surface area contributed by atoms with Gasteiger partial charge in [0.05, 0.1) is 11.6 Å². The van der Waals surface area contributed by atoms with Crippen molar-refractivity contribution in [2.45, 2.75) is 26.8 Å². The van der Waals surface area contributed by atoms with Crippen LogP contribution in [-0.4, -0.2) is 41.6 Å². The predicted molar refractivity (Wildman–Crippen MR) is 119 cm³/mol. The maximum Gasteiger partial charge on any atom is 0.255 e. The van der Waals surface area contributed by atoms with Crippen LogP contribution in [-0.2, 0) is 0 Å². The van der Waals surface area contributed by atoms with E-state index in [0.29, 0.717) is 0 Å². The molecule has 0 saturated carbocycles. The molecule has 1 fully saturated rings. The summed E-state index contributed by atoms with van der Waals surface area (Å²) in [7, 11) is 0. The Balaban J connectivity index is 1.50. The molecule has 4 heteroatoms. The highest BCUT2D eigenvalue weighted by atomic mass is 16.2. The maximum atomic E-state index is 13.3. The van der Waals surface area contributed by atoms with Crippen LogP contribution in [0.5, 0.6) is 0 Å². The molecule has 4 rings (SSSR count). The minimum atomic E-state index is 0.150. The van der Waals surface area contributed by atoms with E-state index in [1.165, 1.54) is 11.3 Å². The van der Waals surface area contributed by atoms with E-state index < -0.39 is 0 Å². The number of benzene rings is 2. The number of nitrogens with zero attached hydrogens (tertiary/aromatic N) is 3. The van der Waals surface area contributed by atoms with Gasteiger partial charge in [0.15, 0.2) is 0 Å². The molecule has 4 nitrogen and oxygen atoms in total. The molecular weight excluding hydrogens is 358 g/mol. The van der Waals surface area contributed by atoms with E-state index in [0.717, 1.165) is 43.1 Å². The molecule has 1 saturated heterocycles. The molecule has 1 aromatic heterocycles. The van der Waals surface area contributed by atoms with E-state index in [1.807, 2.05) is 17.0 Å². The molecule has 150 valence electrons. The van der Waals surface area contributed by atoms with Gasteiger partial charge in [-0.1, -0.05) is 48.5 Å². The average molecular weight is 388 g/mol. The minimum Gasteiger partial charge on any atom is -0.368 e. The fourth-order valence-electron chi connectivity index (χ4n) is 4.45. The Morgan fingerprint density at radius 3 is 2.07 bits per heavy atom. The minimum absolute atomic E-state index is 0.150. The topological polar surface area (TPSA) is 28.5 Å². The Hall–Kier alpha value is -3.01. The van der Waals surface area contributed by atoms with E-state index >= 15 is 0 Å². The van der Waals surface area contributed by atoms with Crippen LogP contribution >= 0.6 is 0 Å². The lowest BCUT2D eigenvalue weighted by molar-refractivity contribution is 0.0746. The van der Waals surface area contributed by atoms with Crippen LogP contribution < -0.4 is 4.90 Å². The summed E-state index contributed by atoms with van der Waals surface area (Å²) < 4.78 is 2.28. The molecule has 1 aliphatic rings. The maximum absolute atomic E-state index is 13.3. The molecule has 0 aliphatic carbocycles. The van der Waals surface area contributed by atoms with Crippen LogP contribution in [0.25, 0.3) is 0 Å². The van der Waals surface area contributed by atoms with Crippen LogP contribution in [0.4, 0.5) is 5.69 Å². The number of aromatic nitrogens is 1. The van der Waals surface area contributed by atoms with E-state index in [9.17, 15) is 4.79 Å². The van der Waals surface area contributed by atoms with Gasteiger partial charge in [0.1, 0.15) is 0 Å². The normalized spacial score (nSPS) is 15.4. The summed E-state index contributed by atoms with van der Waals surface area (Å²) in [6.45, 7) is 9.61. The summed E-state index contributed by atoms with van der Waals surface area (Å²) in [6.07, 6.45) is 0. The van der Waals surface area contributed by atoms with Gasteiger partial charge in [0.2, 0.25) is 0 Å². The molecule has 0 N–H and O–H groups in total. The number of aryl methyl sites for hydroxylation is 1. The van der Waals surface area contributed by atoms with Gasteiger partial charge in [-0.3, -0.25) is 4.79 Å². The largest absolute Gasteiger partial charge is 0.368 e. The Morgan fingerprint density at radius 2 is 1.45 bits per heavy atom. The zero-order valence-corrected chi connectivity index (χ0v) is 17.5. The van der Waals surface area contributed by atoms with Crippen LogP contribution in [0, 0.1) is 13.8 Å². The summed E-state index contributed by atoms with van der Waals surface area (Å²) >= 11 is 0. The molecule has 0 unspecified atom stereocenters. The predicted octanol–water partition coefficient (Wildman–Crippen LogP) is 4.68. The highest BCUT2D eigenvalue weighted by Gasteiger charge is 2.26. The fourth-order valence-corrected chi connectivity index (χ4v) is 4.45. The summed E-state index contributed by atoms with van der Waals surface area (Å²) in [4.78, 5) is 17.6. The van der Waals surface area contributed by atoms with Crippen molar-refractivity contribution >= 4 is 11.6 Å². The summed E-state index contributed by atoms with van der Waals surface area (Å²) in [5.41, 5.74) is 5.50. The number of anilines is 1. The molecule has 1 aliphatic heterocycles. The van der Waals surface area contributed by atoms with Crippen LogP contribution in [0.2, 0.25) is 0 Å². The van der Waals surface area contributed by atoms with Crippen LogP contribution in [0.1, 0.15) is 40.3 Å². The summed E-state index contributed by atoms with van der Waals surface area (Å²) in [5.74, 6) is 0.150. The number of piperazine rings is 1. The van der Waals surface area contributed by atoms with Crippen molar-refractivity contribution in [1.29, 1.82) is 0 Å². The van der Waals surface area contributed by atoms with Crippen molar-refractivity contribution in [2.24, 2.45) is 0 Å². The van der Waals surface area contributed by atoms with Crippen molar-refractivity contribution in [3.63, 3.8) is 0 Å². The lowest BCUT2D eigenvalue weighted by Gasteiger charge is -2.36. The average Bonchev–Trinajstić information content (AvgIpc) is 3.08. The SMILES string of the molecule is Cc1cc(C(=O)N2CCN(c3ccccc3)CC2)c(C)n1[C@H](C)c1ccccc1.